The van der Waals surface area contributed by atoms with Gasteiger partial charge in [-0.25, -0.2) is 4.98 Å². The Balaban J connectivity index is 2.60. The average Bonchev–Trinajstić information content (AvgIpc) is 2.64. The SMILES string of the molecule is CN(Cc1ncc(C(C)(C)C)o1)CC(C)(C)CN. The van der Waals surface area contributed by atoms with Gasteiger partial charge in [0.05, 0.1) is 12.7 Å². The number of oxazole rings is 1. The first-order valence-corrected chi connectivity index (χ1v) is 6.48. The zero-order valence-electron chi connectivity index (χ0n) is 12.6. The van der Waals surface area contributed by atoms with Crippen LogP contribution < -0.4 is 5.73 Å². The van der Waals surface area contributed by atoms with Gasteiger partial charge in [-0.1, -0.05) is 34.6 Å². The Bertz CT molecular complexity index is 377. The van der Waals surface area contributed by atoms with E-state index >= 15 is 0 Å². The molecule has 0 amide bonds. The van der Waals surface area contributed by atoms with Crippen molar-refractivity contribution < 1.29 is 4.42 Å². The van der Waals surface area contributed by atoms with E-state index in [1.807, 2.05) is 6.20 Å². The molecule has 4 nitrogen and oxygen atoms in total. The van der Waals surface area contributed by atoms with Crippen molar-refractivity contribution >= 4 is 0 Å². The first-order valence-electron chi connectivity index (χ1n) is 6.48. The van der Waals surface area contributed by atoms with E-state index in [4.69, 9.17) is 10.2 Å². The van der Waals surface area contributed by atoms with Gasteiger partial charge in [-0.15, -0.1) is 0 Å². The van der Waals surface area contributed by atoms with Crippen molar-refractivity contribution in [2.24, 2.45) is 11.1 Å². The molecule has 18 heavy (non-hydrogen) atoms. The summed E-state index contributed by atoms with van der Waals surface area (Å²) in [4.78, 5) is 6.54. The van der Waals surface area contributed by atoms with Crippen molar-refractivity contribution in [2.75, 3.05) is 20.1 Å². The molecule has 1 aromatic heterocycles. The molecule has 2 N–H and O–H groups in total. The highest BCUT2D eigenvalue weighted by atomic mass is 16.4. The van der Waals surface area contributed by atoms with Crippen LogP contribution in [-0.2, 0) is 12.0 Å². The highest BCUT2D eigenvalue weighted by Gasteiger charge is 2.21. The van der Waals surface area contributed by atoms with Gasteiger partial charge in [0, 0.05) is 12.0 Å². The Morgan fingerprint density at radius 3 is 2.33 bits per heavy atom. The van der Waals surface area contributed by atoms with E-state index in [2.05, 4.69) is 51.6 Å². The summed E-state index contributed by atoms with van der Waals surface area (Å²) in [6.07, 6.45) is 1.83. The molecule has 0 aliphatic heterocycles. The summed E-state index contributed by atoms with van der Waals surface area (Å²) in [5.41, 5.74) is 5.88. The highest BCUT2D eigenvalue weighted by Crippen LogP contribution is 2.23. The third-order valence-electron chi connectivity index (χ3n) is 2.95. The van der Waals surface area contributed by atoms with Crippen LogP contribution in [0.4, 0.5) is 0 Å². The fourth-order valence-corrected chi connectivity index (χ4v) is 1.81. The van der Waals surface area contributed by atoms with Gasteiger partial charge in [-0.3, -0.25) is 4.90 Å². The van der Waals surface area contributed by atoms with Gasteiger partial charge in [-0.05, 0) is 19.0 Å². The molecule has 0 fully saturated rings. The van der Waals surface area contributed by atoms with Crippen LogP contribution in [0, 0.1) is 5.41 Å². The summed E-state index contributed by atoms with van der Waals surface area (Å²) >= 11 is 0. The lowest BCUT2D eigenvalue weighted by atomic mass is 9.93. The van der Waals surface area contributed by atoms with Crippen molar-refractivity contribution in [1.82, 2.24) is 9.88 Å². The third kappa shape index (κ3) is 4.42. The van der Waals surface area contributed by atoms with Gasteiger partial charge in [0.25, 0.3) is 0 Å². The normalized spacial score (nSPS) is 13.3. The fraction of sp³-hybridized carbons (Fsp3) is 0.786. The number of rotatable bonds is 5. The second kappa shape index (κ2) is 5.41. The number of nitrogens with zero attached hydrogens (tertiary/aromatic N) is 2. The van der Waals surface area contributed by atoms with Gasteiger partial charge in [-0.2, -0.15) is 0 Å². The molecule has 0 radical (unpaired) electrons. The van der Waals surface area contributed by atoms with E-state index in [-0.39, 0.29) is 10.8 Å². The molecule has 1 heterocycles. The van der Waals surface area contributed by atoms with Crippen molar-refractivity contribution in [3.8, 4) is 0 Å². The van der Waals surface area contributed by atoms with Crippen LogP contribution in [0.5, 0.6) is 0 Å². The minimum atomic E-state index is 0.0142. The molecule has 0 aliphatic rings. The minimum Gasteiger partial charge on any atom is -0.444 e. The first kappa shape index (κ1) is 15.2. The van der Waals surface area contributed by atoms with Crippen molar-refractivity contribution in [3.63, 3.8) is 0 Å². The van der Waals surface area contributed by atoms with Crippen LogP contribution >= 0.6 is 0 Å². The standard InChI is InChI=1S/C14H27N3O/c1-13(2,3)11-7-16-12(18-11)8-17(6)10-14(4,5)9-15/h7H,8-10,15H2,1-6H3. The van der Waals surface area contributed by atoms with E-state index in [1.165, 1.54) is 0 Å². The topological polar surface area (TPSA) is 55.3 Å². The molecule has 1 rings (SSSR count). The van der Waals surface area contributed by atoms with Crippen LogP contribution in [0.15, 0.2) is 10.6 Å². The third-order valence-corrected chi connectivity index (χ3v) is 2.95. The predicted molar refractivity (Wildman–Crippen MR) is 74.4 cm³/mol. The largest absolute Gasteiger partial charge is 0.444 e. The lowest BCUT2D eigenvalue weighted by molar-refractivity contribution is 0.193. The van der Waals surface area contributed by atoms with Crippen LogP contribution in [0.3, 0.4) is 0 Å². The summed E-state index contributed by atoms with van der Waals surface area (Å²) in [5, 5.41) is 0. The number of aromatic nitrogens is 1. The molecule has 0 spiro atoms. The quantitative estimate of drug-likeness (QED) is 0.875. The van der Waals surface area contributed by atoms with Crippen LogP contribution in [0.25, 0.3) is 0 Å². The van der Waals surface area contributed by atoms with Crippen molar-refractivity contribution in [2.45, 2.75) is 46.6 Å². The maximum Gasteiger partial charge on any atom is 0.208 e. The second-order valence-corrected chi connectivity index (χ2v) is 6.91. The number of hydrogen-bond acceptors (Lipinski definition) is 4. The average molecular weight is 253 g/mol. The molecule has 0 saturated carbocycles. The zero-order chi connectivity index (χ0) is 14.0. The van der Waals surface area contributed by atoms with Gasteiger partial charge in [0.1, 0.15) is 5.76 Å². The van der Waals surface area contributed by atoms with E-state index < -0.39 is 0 Å². The Morgan fingerprint density at radius 1 is 1.28 bits per heavy atom. The van der Waals surface area contributed by atoms with Crippen LogP contribution in [0.2, 0.25) is 0 Å². The smallest absolute Gasteiger partial charge is 0.208 e. The molecule has 0 aliphatic carbocycles. The Labute approximate surface area is 111 Å². The van der Waals surface area contributed by atoms with Crippen LogP contribution in [0.1, 0.15) is 46.3 Å². The fourth-order valence-electron chi connectivity index (χ4n) is 1.81. The minimum absolute atomic E-state index is 0.0142. The molecular weight excluding hydrogens is 226 g/mol. The summed E-state index contributed by atoms with van der Waals surface area (Å²) in [5.74, 6) is 1.71. The Hall–Kier alpha value is -0.870. The van der Waals surface area contributed by atoms with Gasteiger partial charge in [0.2, 0.25) is 5.89 Å². The maximum atomic E-state index is 5.78. The first-order chi connectivity index (χ1) is 8.14. The zero-order valence-corrected chi connectivity index (χ0v) is 12.6. The van der Waals surface area contributed by atoms with Gasteiger partial charge in [0.15, 0.2) is 0 Å². The lowest BCUT2D eigenvalue weighted by Crippen LogP contribution is -2.36. The highest BCUT2D eigenvalue weighted by molar-refractivity contribution is 5.05. The lowest BCUT2D eigenvalue weighted by Gasteiger charge is -2.28. The Kier molecular flexibility index (Phi) is 4.56. The maximum absolute atomic E-state index is 5.78. The molecule has 0 unspecified atom stereocenters. The molecule has 0 atom stereocenters. The molecule has 0 saturated heterocycles. The summed E-state index contributed by atoms with van der Waals surface area (Å²) < 4.78 is 5.78. The second-order valence-electron chi connectivity index (χ2n) is 6.91. The monoisotopic (exact) mass is 253 g/mol. The molecule has 0 aromatic carbocycles. The molecule has 4 heteroatoms. The Morgan fingerprint density at radius 2 is 1.89 bits per heavy atom. The van der Waals surface area contributed by atoms with E-state index in [1.54, 1.807) is 0 Å². The molecule has 1 aromatic rings. The van der Waals surface area contributed by atoms with E-state index in [0.717, 1.165) is 24.7 Å². The van der Waals surface area contributed by atoms with E-state index in [9.17, 15) is 0 Å². The summed E-state index contributed by atoms with van der Waals surface area (Å²) in [7, 11) is 2.07. The van der Waals surface area contributed by atoms with E-state index in [0.29, 0.717) is 6.54 Å². The number of hydrogen-bond donors (Lipinski definition) is 1. The molecule has 0 bridgehead atoms. The molecule has 104 valence electrons. The van der Waals surface area contributed by atoms with Gasteiger partial charge >= 0.3 is 0 Å². The van der Waals surface area contributed by atoms with Crippen molar-refractivity contribution in [3.05, 3.63) is 17.8 Å². The van der Waals surface area contributed by atoms with Crippen molar-refractivity contribution in [1.29, 1.82) is 0 Å². The van der Waals surface area contributed by atoms with Crippen LogP contribution in [-0.4, -0.2) is 30.0 Å². The summed E-state index contributed by atoms with van der Waals surface area (Å²) in [6, 6.07) is 0. The summed E-state index contributed by atoms with van der Waals surface area (Å²) in [6.45, 7) is 13.0. The molecular formula is C14H27N3O. The predicted octanol–water partition coefficient (Wildman–Crippen LogP) is 2.39. The number of nitrogens with two attached hydrogens (primary N) is 1. The van der Waals surface area contributed by atoms with Gasteiger partial charge < -0.3 is 10.2 Å².